The van der Waals surface area contributed by atoms with E-state index < -0.39 is 0 Å². The van der Waals surface area contributed by atoms with Crippen molar-refractivity contribution in [3.05, 3.63) is 15.6 Å². The Balaban J connectivity index is 2.25. The second kappa shape index (κ2) is 6.16. The van der Waals surface area contributed by atoms with Crippen molar-refractivity contribution in [1.29, 1.82) is 0 Å². The van der Waals surface area contributed by atoms with Crippen molar-refractivity contribution in [3.8, 4) is 0 Å². The smallest absolute Gasteiger partial charge is 0.113 e. The van der Waals surface area contributed by atoms with E-state index in [1.165, 1.54) is 47.7 Å². The average molecular weight is 266 g/mol. The van der Waals surface area contributed by atoms with Gasteiger partial charge in [-0.1, -0.05) is 46.0 Å². The van der Waals surface area contributed by atoms with E-state index in [-0.39, 0.29) is 5.54 Å². The van der Waals surface area contributed by atoms with E-state index in [9.17, 15) is 0 Å². The van der Waals surface area contributed by atoms with Gasteiger partial charge in [-0.2, -0.15) is 0 Å². The van der Waals surface area contributed by atoms with Gasteiger partial charge in [-0.3, -0.25) is 0 Å². The summed E-state index contributed by atoms with van der Waals surface area (Å²) in [6.45, 7) is 4.45. The SMILES string of the molecule is CCCc1nc(C2(N)CCCCCC2)sc1CC. The fourth-order valence-corrected chi connectivity index (χ4v) is 4.08. The van der Waals surface area contributed by atoms with E-state index >= 15 is 0 Å². The minimum atomic E-state index is -0.128. The van der Waals surface area contributed by atoms with E-state index in [2.05, 4.69) is 13.8 Å². The van der Waals surface area contributed by atoms with Gasteiger partial charge in [-0.05, 0) is 25.7 Å². The number of nitrogens with zero attached hydrogens (tertiary/aromatic N) is 1. The van der Waals surface area contributed by atoms with Gasteiger partial charge in [0.25, 0.3) is 0 Å². The molecule has 0 spiro atoms. The standard InChI is InChI=1S/C15H26N2S/c1-3-9-12-13(4-2)18-14(17-12)15(16)10-7-5-6-8-11-15/h3-11,16H2,1-2H3. The van der Waals surface area contributed by atoms with Crippen molar-refractivity contribution < 1.29 is 0 Å². The number of nitrogens with two attached hydrogens (primary N) is 1. The van der Waals surface area contributed by atoms with Crippen molar-refractivity contribution in [1.82, 2.24) is 4.98 Å². The summed E-state index contributed by atoms with van der Waals surface area (Å²) in [5, 5.41) is 1.21. The van der Waals surface area contributed by atoms with Gasteiger partial charge >= 0.3 is 0 Å². The maximum Gasteiger partial charge on any atom is 0.113 e. The summed E-state index contributed by atoms with van der Waals surface area (Å²) in [6, 6.07) is 0. The van der Waals surface area contributed by atoms with Crippen molar-refractivity contribution in [2.75, 3.05) is 0 Å². The fraction of sp³-hybridized carbons (Fsp3) is 0.800. The van der Waals surface area contributed by atoms with Gasteiger partial charge < -0.3 is 5.73 Å². The molecule has 1 aromatic heterocycles. The molecule has 18 heavy (non-hydrogen) atoms. The summed E-state index contributed by atoms with van der Waals surface area (Å²) in [4.78, 5) is 6.36. The van der Waals surface area contributed by atoms with Crippen LogP contribution in [0, 0.1) is 0 Å². The maximum absolute atomic E-state index is 6.66. The third-order valence-electron chi connectivity index (χ3n) is 4.01. The molecule has 0 bridgehead atoms. The van der Waals surface area contributed by atoms with Crippen LogP contribution in [0.4, 0.5) is 0 Å². The van der Waals surface area contributed by atoms with Crippen LogP contribution in [0.1, 0.15) is 74.4 Å². The molecule has 0 aliphatic heterocycles. The van der Waals surface area contributed by atoms with Crippen LogP contribution in [0.25, 0.3) is 0 Å². The Bertz CT molecular complexity index is 376. The van der Waals surface area contributed by atoms with Crippen LogP contribution < -0.4 is 5.73 Å². The van der Waals surface area contributed by atoms with Gasteiger partial charge in [-0.15, -0.1) is 11.3 Å². The van der Waals surface area contributed by atoms with Gasteiger partial charge in [0.15, 0.2) is 0 Å². The summed E-state index contributed by atoms with van der Waals surface area (Å²) in [5.41, 5.74) is 7.85. The summed E-state index contributed by atoms with van der Waals surface area (Å²) in [7, 11) is 0. The van der Waals surface area contributed by atoms with Crippen LogP contribution in [0.5, 0.6) is 0 Å². The average Bonchev–Trinajstić information content (AvgIpc) is 2.65. The first-order valence-corrected chi connectivity index (χ1v) is 8.29. The zero-order valence-corrected chi connectivity index (χ0v) is 12.6. The Morgan fingerprint density at radius 3 is 2.39 bits per heavy atom. The van der Waals surface area contributed by atoms with Crippen LogP contribution in [0.2, 0.25) is 0 Å². The number of rotatable bonds is 4. The molecule has 0 saturated heterocycles. The van der Waals surface area contributed by atoms with E-state index in [4.69, 9.17) is 10.7 Å². The second-order valence-electron chi connectivity index (χ2n) is 5.56. The van der Waals surface area contributed by atoms with Gasteiger partial charge in [0.2, 0.25) is 0 Å². The van der Waals surface area contributed by atoms with E-state index in [1.807, 2.05) is 11.3 Å². The molecular formula is C15H26N2S. The molecule has 0 amide bonds. The molecule has 0 atom stereocenters. The predicted octanol–water partition coefficient (Wildman–Crippen LogP) is 4.17. The molecule has 1 aliphatic carbocycles. The lowest BCUT2D eigenvalue weighted by molar-refractivity contribution is 0.383. The molecule has 1 saturated carbocycles. The van der Waals surface area contributed by atoms with Crippen LogP contribution in [-0.2, 0) is 18.4 Å². The Morgan fingerprint density at radius 2 is 1.83 bits per heavy atom. The Labute approximate surface area is 115 Å². The zero-order valence-electron chi connectivity index (χ0n) is 11.8. The van der Waals surface area contributed by atoms with E-state index in [1.54, 1.807) is 0 Å². The number of hydrogen-bond donors (Lipinski definition) is 1. The van der Waals surface area contributed by atoms with E-state index in [0.29, 0.717) is 0 Å². The molecule has 2 rings (SSSR count). The molecular weight excluding hydrogens is 240 g/mol. The second-order valence-corrected chi connectivity index (χ2v) is 6.65. The van der Waals surface area contributed by atoms with Crippen molar-refractivity contribution in [3.63, 3.8) is 0 Å². The summed E-state index contributed by atoms with van der Waals surface area (Å²) in [5.74, 6) is 0. The molecule has 2 N–H and O–H groups in total. The lowest BCUT2D eigenvalue weighted by Gasteiger charge is -2.25. The third-order valence-corrected chi connectivity index (χ3v) is 5.47. The van der Waals surface area contributed by atoms with Gasteiger partial charge in [0.1, 0.15) is 5.01 Å². The summed E-state index contributed by atoms with van der Waals surface area (Å²) in [6.07, 6.45) is 10.8. The first kappa shape index (κ1) is 14.0. The minimum absolute atomic E-state index is 0.128. The monoisotopic (exact) mass is 266 g/mol. The zero-order chi connectivity index (χ0) is 13.0. The van der Waals surface area contributed by atoms with E-state index in [0.717, 1.165) is 25.7 Å². The normalized spacial score (nSPS) is 19.7. The Kier molecular flexibility index (Phi) is 4.79. The minimum Gasteiger partial charge on any atom is -0.319 e. The topological polar surface area (TPSA) is 38.9 Å². The van der Waals surface area contributed by atoms with Crippen LogP contribution in [0.15, 0.2) is 0 Å². The highest BCUT2D eigenvalue weighted by molar-refractivity contribution is 7.11. The van der Waals surface area contributed by atoms with Gasteiger partial charge in [0, 0.05) is 4.88 Å². The highest BCUT2D eigenvalue weighted by atomic mass is 32.1. The molecule has 1 aliphatic rings. The number of hydrogen-bond acceptors (Lipinski definition) is 3. The molecule has 2 nitrogen and oxygen atoms in total. The van der Waals surface area contributed by atoms with Crippen LogP contribution in [-0.4, -0.2) is 4.98 Å². The third kappa shape index (κ3) is 2.94. The largest absolute Gasteiger partial charge is 0.319 e. The number of thiazole rings is 1. The fourth-order valence-electron chi connectivity index (χ4n) is 2.88. The first-order chi connectivity index (χ1) is 8.69. The van der Waals surface area contributed by atoms with Gasteiger partial charge in [-0.25, -0.2) is 4.98 Å². The highest BCUT2D eigenvalue weighted by Crippen LogP contribution is 2.37. The molecule has 1 fully saturated rings. The summed E-state index contributed by atoms with van der Waals surface area (Å²) < 4.78 is 0. The molecule has 1 aromatic rings. The molecule has 1 heterocycles. The maximum atomic E-state index is 6.66. The van der Waals surface area contributed by atoms with Crippen LogP contribution in [0.3, 0.4) is 0 Å². The first-order valence-electron chi connectivity index (χ1n) is 7.47. The van der Waals surface area contributed by atoms with Crippen molar-refractivity contribution in [2.45, 2.75) is 77.2 Å². The van der Waals surface area contributed by atoms with Crippen molar-refractivity contribution >= 4 is 11.3 Å². The number of aromatic nitrogens is 1. The number of aryl methyl sites for hydroxylation is 2. The predicted molar refractivity (Wildman–Crippen MR) is 79.1 cm³/mol. The lowest BCUT2D eigenvalue weighted by Crippen LogP contribution is -2.35. The lowest BCUT2D eigenvalue weighted by atomic mass is 9.92. The Morgan fingerprint density at radius 1 is 1.17 bits per heavy atom. The highest BCUT2D eigenvalue weighted by Gasteiger charge is 2.32. The molecule has 102 valence electrons. The quantitative estimate of drug-likeness (QED) is 0.831. The summed E-state index contributed by atoms with van der Waals surface area (Å²) >= 11 is 1.88. The Hall–Kier alpha value is -0.410. The molecule has 3 heteroatoms. The molecule has 0 aromatic carbocycles. The molecule has 0 unspecified atom stereocenters. The molecule has 0 radical (unpaired) electrons. The van der Waals surface area contributed by atoms with Crippen LogP contribution >= 0.6 is 11.3 Å². The van der Waals surface area contributed by atoms with Crippen molar-refractivity contribution in [2.24, 2.45) is 5.73 Å². The van der Waals surface area contributed by atoms with Gasteiger partial charge in [0.05, 0.1) is 11.2 Å².